The first-order valence-corrected chi connectivity index (χ1v) is 9.02. The van der Waals surface area contributed by atoms with Crippen molar-refractivity contribution in [3.8, 4) is 0 Å². The molecule has 1 aliphatic heterocycles. The summed E-state index contributed by atoms with van der Waals surface area (Å²) < 4.78 is 23.3. The third-order valence-electron chi connectivity index (χ3n) is 4.68. The zero-order valence-corrected chi connectivity index (χ0v) is 13.7. The summed E-state index contributed by atoms with van der Waals surface area (Å²) in [6, 6.07) is 0. The monoisotopic (exact) mass is 358 g/mol. The van der Waals surface area contributed by atoms with Gasteiger partial charge in [-0.2, -0.15) is 0 Å². The molecule has 4 nitrogen and oxygen atoms in total. The topological polar surface area (TPSA) is 68.3 Å². The van der Waals surface area contributed by atoms with Gasteiger partial charge in [-0.3, -0.25) is 9.59 Å². The highest BCUT2D eigenvalue weighted by Crippen LogP contribution is 2.56. The van der Waals surface area contributed by atoms with Gasteiger partial charge < -0.3 is 0 Å². The van der Waals surface area contributed by atoms with E-state index in [2.05, 4.69) is 15.9 Å². The minimum atomic E-state index is -3.28. The molecule has 0 aromatic carbocycles. The molecule has 1 heterocycles. The molecule has 20 heavy (non-hydrogen) atoms. The Morgan fingerprint density at radius 3 is 2.55 bits per heavy atom. The van der Waals surface area contributed by atoms with E-state index in [0.717, 1.165) is 5.57 Å². The van der Waals surface area contributed by atoms with Crippen molar-refractivity contribution in [3.63, 3.8) is 0 Å². The molecule has 0 radical (unpaired) electrons. The maximum absolute atomic E-state index is 12.6. The first kappa shape index (κ1) is 14.2. The zero-order chi connectivity index (χ0) is 14.9. The van der Waals surface area contributed by atoms with E-state index in [1.165, 1.54) is 6.08 Å². The van der Waals surface area contributed by atoms with Crippen LogP contribution in [-0.4, -0.2) is 30.1 Å². The van der Waals surface area contributed by atoms with Gasteiger partial charge in [0.15, 0.2) is 21.4 Å². The van der Waals surface area contributed by atoms with Crippen molar-refractivity contribution in [2.75, 3.05) is 5.75 Å². The van der Waals surface area contributed by atoms with E-state index in [0.29, 0.717) is 23.3 Å². The number of alkyl halides is 1. The molecule has 0 bridgehead atoms. The van der Waals surface area contributed by atoms with Crippen molar-refractivity contribution < 1.29 is 18.0 Å². The van der Waals surface area contributed by atoms with Crippen LogP contribution in [0.15, 0.2) is 22.1 Å². The van der Waals surface area contributed by atoms with Crippen LogP contribution in [0.4, 0.5) is 0 Å². The zero-order valence-electron chi connectivity index (χ0n) is 11.3. The number of sulfone groups is 1. The molecule has 0 amide bonds. The van der Waals surface area contributed by atoms with Gasteiger partial charge in [-0.1, -0.05) is 21.5 Å². The van der Waals surface area contributed by atoms with E-state index in [4.69, 9.17) is 0 Å². The Kier molecular flexibility index (Phi) is 2.93. The standard InChI is InChI=1S/C14H15BrO4S/c1-7-5-10-11(16)6-8(2)13(17)14(10,15)9-3-4-20(18,19)12(7)9/h6,9-10H,3-5H2,1-2H3/t9-,10-,14+/m0/s1. The van der Waals surface area contributed by atoms with Gasteiger partial charge in [0.1, 0.15) is 4.32 Å². The van der Waals surface area contributed by atoms with E-state index in [1.54, 1.807) is 13.8 Å². The lowest BCUT2D eigenvalue weighted by Crippen LogP contribution is -2.54. The lowest BCUT2D eigenvalue weighted by molar-refractivity contribution is -0.129. The molecular formula is C14H15BrO4S. The molecule has 108 valence electrons. The molecule has 3 aliphatic rings. The maximum Gasteiger partial charge on any atom is 0.176 e. The second-order valence-corrected chi connectivity index (χ2v) is 9.28. The average molecular weight is 359 g/mol. The average Bonchev–Trinajstić information content (AvgIpc) is 2.68. The molecule has 2 aliphatic carbocycles. The third kappa shape index (κ3) is 1.61. The van der Waals surface area contributed by atoms with Gasteiger partial charge in [-0.25, -0.2) is 8.42 Å². The highest BCUT2D eigenvalue weighted by atomic mass is 79.9. The predicted molar refractivity (Wildman–Crippen MR) is 78.1 cm³/mol. The van der Waals surface area contributed by atoms with Crippen LogP contribution in [0.3, 0.4) is 0 Å². The largest absolute Gasteiger partial charge is 0.294 e. The first-order valence-electron chi connectivity index (χ1n) is 6.58. The van der Waals surface area contributed by atoms with Gasteiger partial charge in [0.25, 0.3) is 0 Å². The number of carbonyl (C=O) groups excluding carboxylic acids is 2. The number of allylic oxidation sites excluding steroid dienone is 4. The fourth-order valence-corrected chi connectivity index (χ4v) is 7.23. The summed E-state index contributed by atoms with van der Waals surface area (Å²) in [5.74, 6) is -1.06. The Bertz CT molecular complexity index is 701. The highest BCUT2D eigenvalue weighted by molar-refractivity contribution is 9.10. The molecular weight excluding hydrogens is 344 g/mol. The molecule has 0 unspecified atom stereocenters. The normalized spacial score (nSPS) is 39.5. The van der Waals surface area contributed by atoms with E-state index in [1.807, 2.05) is 0 Å². The smallest absolute Gasteiger partial charge is 0.176 e. The molecule has 1 saturated heterocycles. The molecule has 0 aromatic rings. The Morgan fingerprint density at radius 1 is 1.25 bits per heavy atom. The summed E-state index contributed by atoms with van der Waals surface area (Å²) in [4.78, 5) is 25.2. The number of halogens is 1. The Morgan fingerprint density at radius 2 is 1.90 bits per heavy atom. The van der Waals surface area contributed by atoms with Crippen LogP contribution in [0.5, 0.6) is 0 Å². The van der Waals surface area contributed by atoms with Crippen LogP contribution in [0.1, 0.15) is 26.7 Å². The lowest BCUT2D eigenvalue weighted by Gasteiger charge is -2.44. The third-order valence-corrected chi connectivity index (χ3v) is 8.22. The second-order valence-electron chi connectivity index (χ2n) is 5.89. The summed E-state index contributed by atoms with van der Waals surface area (Å²) in [5, 5.41) is 0. The SMILES string of the molecule is CC1=CC(=O)[C@@H]2CC(C)=C3[C@H](CCS3(=O)=O)[C@]2(Br)C1=O. The van der Waals surface area contributed by atoms with Crippen LogP contribution in [0.2, 0.25) is 0 Å². The van der Waals surface area contributed by atoms with E-state index in [-0.39, 0.29) is 17.3 Å². The number of ketones is 2. The van der Waals surface area contributed by atoms with E-state index in [9.17, 15) is 18.0 Å². The van der Waals surface area contributed by atoms with Crippen molar-refractivity contribution in [3.05, 3.63) is 22.1 Å². The van der Waals surface area contributed by atoms with Crippen LogP contribution < -0.4 is 0 Å². The van der Waals surface area contributed by atoms with Crippen LogP contribution in [0, 0.1) is 11.8 Å². The number of Topliss-reactive ketones (excluding diaryl/α,β-unsaturated/α-hetero) is 1. The molecule has 3 rings (SSSR count). The second kappa shape index (κ2) is 4.13. The molecule has 0 N–H and O–H groups in total. The summed E-state index contributed by atoms with van der Waals surface area (Å²) in [7, 11) is -3.28. The van der Waals surface area contributed by atoms with Gasteiger partial charge in [-0.15, -0.1) is 0 Å². The Hall–Kier alpha value is -0.750. The molecule has 0 saturated carbocycles. The fraction of sp³-hybridized carbons (Fsp3) is 0.571. The summed E-state index contributed by atoms with van der Waals surface area (Å²) in [5.41, 5.74) is 1.15. The number of carbonyl (C=O) groups is 2. The van der Waals surface area contributed by atoms with Crippen molar-refractivity contribution in [1.29, 1.82) is 0 Å². The van der Waals surface area contributed by atoms with Gasteiger partial charge >= 0.3 is 0 Å². The minimum absolute atomic E-state index is 0.0641. The number of rotatable bonds is 0. The Balaban J connectivity index is 2.25. The number of hydrogen-bond acceptors (Lipinski definition) is 4. The van der Waals surface area contributed by atoms with Gasteiger partial charge in [-0.05, 0) is 38.3 Å². The summed E-state index contributed by atoms with van der Waals surface area (Å²) in [6.07, 6.45) is 2.14. The van der Waals surface area contributed by atoms with Gasteiger partial charge in [0.05, 0.1) is 5.75 Å². The maximum atomic E-state index is 12.6. The summed E-state index contributed by atoms with van der Waals surface area (Å²) in [6.45, 7) is 3.38. The Labute approximate surface area is 126 Å². The molecule has 3 atom stereocenters. The van der Waals surface area contributed by atoms with E-state index < -0.39 is 26.0 Å². The first-order chi connectivity index (χ1) is 9.19. The summed E-state index contributed by atoms with van der Waals surface area (Å²) >= 11 is 3.50. The highest BCUT2D eigenvalue weighted by Gasteiger charge is 2.61. The molecule has 0 spiro atoms. The van der Waals surface area contributed by atoms with Crippen LogP contribution in [-0.2, 0) is 19.4 Å². The quantitative estimate of drug-likeness (QED) is 0.620. The fourth-order valence-electron chi connectivity index (χ4n) is 3.80. The van der Waals surface area contributed by atoms with Gasteiger partial charge in [0, 0.05) is 16.7 Å². The van der Waals surface area contributed by atoms with Crippen molar-refractivity contribution in [2.45, 2.75) is 31.0 Å². The predicted octanol–water partition coefficient (Wildman–Crippen LogP) is 1.95. The minimum Gasteiger partial charge on any atom is -0.294 e. The van der Waals surface area contributed by atoms with Crippen molar-refractivity contribution in [2.24, 2.45) is 11.8 Å². The number of fused-ring (bicyclic) bond motifs is 3. The molecule has 0 aromatic heterocycles. The lowest BCUT2D eigenvalue weighted by atomic mass is 9.65. The van der Waals surface area contributed by atoms with Crippen molar-refractivity contribution in [1.82, 2.24) is 0 Å². The molecule has 1 fully saturated rings. The van der Waals surface area contributed by atoms with E-state index >= 15 is 0 Å². The molecule has 6 heteroatoms. The van der Waals surface area contributed by atoms with Crippen molar-refractivity contribution >= 4 is 37.3 Å². The van der Waals surface area contributed by atoms with Crippen LogP contribution >= 0.6 is 15.9 Å². The van der Waals surface area contributed by atoms with Gasteiger partial charge in [0.2, 0.25) is 0 Å². The number of hydrogen-bond donors (Lipinski definition) is 0. The van der Waals surface area contributed by atoms with Crippen LogP contribution in [0.25, 0.3) is 0 Å².